The van der Waals surface area contributed by atoms with Crippen LogP contribution in [-0.2, 0) is 6.42 Å². The first-order valence-corrected chi connectivity index (χ1v) is 7.57. The van der Waals surface area contributed by atoms with E-state index in [1.807, 2.05) is 13.1 Å². The Labute approximate surface area is 127 Å². The van der Waals surface area contributed by atoms with Crippen molar-refractivity contribution in [3.8, 4) is 0 Å². The molecule has 0 aliphatic heterocycles. The van der Waals surface area contributed by atoms with E-state index in [0.29, 0.717) is 5.92 Å². The topological polar surface area (TPSA) is 49.8 Å². The van der Waals surface area contributed by atoms with E-state index in [4.69, 9.17) is 0 Å². The first kappa shape index (κ1) is 15.3. The van der Waals surface area contributed by atoms with Crippen LogP contribution in [0, 0.1) is 0 Å². The predicted octanol–water partition coefficient (Wildman–Crippen LogP) is 3.69. The van der Waals surface area contributed by atoms with Crippen LogP contribution >= 0.6 is 0 Å². The van der Waals surface area contributed by atoms with Gasteiger partial charge >= 0.3 is 0 Å². The summed E-state index contributed by atoms with van der Waals surface area (Å²) in [6.07, 6.45) is 1.91. The van der Waals surface area contributed by atoms with Crippen molar-refractivity contribution < 1.29 is 0 Å². The van der Waals surface area contributed by atoms with Gasteiger partial charge in [0.25, 0.3) is 0 Å². The Morgan fingerprint density at radius 3 is 2.48 bits per heavy atom. The summed E-state index contributed by atoms with van der Waals surface area (Å²) >= 11 is 0. The highest BCUT2D eigenvalue weighted by molar-refractivity contribution is 5.47. The van der Waals surface area contributed by atoms with E-state index in [9.17, 15) is 0 Å². The van der Waals surface area contributed by atoms with Gasteiger partial charge in [0.05, 0.1) is 0 Å². The second-order valence-electron chi connectivity index (χ2n) is 5.19. The van der Waals surface area contributed by atoms with Crippen LogP contribution in [0.5, 0.6) is 0 Å². The number of hydrogen-bond acceptors (Lipinski definition) is 4. The molecule has 112 valence electrons. The normalized spacial score (nSPS) is 12.0. The molecular weight excluding hydrogens is 260 g/mol. The Bertz CT molecular complexity index is 532. The van der Waals surface area contributed by atoms with Crippen LogP contribution < -0.4 is 10.6 Å². The molecule has 2 rings (SSSR count). The lowest BCUT2D eigenvalue weighted by atomic mass is 9.98. The number of aryl methyl sites for hydroxylation is 1. The third-order valence-electron chi connectivity index (χ3n) is 3.60. The molecule has 1 aromatic carbocycles. The minimum atomic E-state index is 0.537. The number of hydrogen-bond donors (Lipinski definition) is 2. The van der Waals surface area contributed by atoms with E-state index in [0.717, 1.165) is 36.8 Å². The maximum atomic E-state index is 4.51. The Kier molecular flexibility index (Phi) is 5.55. The van der Waals surface area contributed by atoms with E-state index >= 15 is 0 Å². The summed E-state index contributed by atoms with van der Waals surface area (Å²) in [5.41, 5.74) is 1.38. The SMILES string of the molecule is CCc1nc(NC)cc(NCCC(C)c2ccccc2)n1. The second-order valence-corrected chi connectivity index (χ2v) is 5.19. The molecule has 1 atom stereocenters. The molecule has 1 unspecified atom stereocenters. The molecule has 0 saturated carbocycles. The highest BCUT2D eigenvalue weighted by Gasteiger charge is 2.06. The molecule has 2 aromatic rings. The highest BCUT2D eigenvalue weighted by Crippen LogP contribution is 2.19. The lowest BCUT2D eigenvalue weighted by molar-refractivity contribution is 0.704. The van der Waals surface area contributed by atoms with Crippen LogP contribution in [0.2, 0.25) is 0 Å². The van der Waals surface area contributed by atoms with Gasteiger partial charge in [-0.2, -0.15) is 0 Å². The second kappa shape index (κ2) is 7.62. The molecule has 4 heteroatoms. The van der Waals surface area contributed by atoms with Gasteiger partial charge in [0, 0.05) is 26.1 Å². The van der Waals surface area contributed by atoms with Gasteiger partial charge in [-0.05, 0) is 17.9 Å². The molecule has 0 fully saturated rings. The standard InChI is InChI=1S/C17H24N4/c1-4-15-20-16(18-3)12-17(21-15)19-11-10-13(2)14-8-6-5-7-9-14/h5-9,12-13H,4,10-11H2,1-3H3,(H2,18,19,20,21). The van der Waals surface area contributed by atoms with E-state index in [1.165, 1.54) is 5.56 Å². The summed E-state index contributed by atoms with van der Waals surface area (Å²) in [5, 5.41) is 6.48. The molecule has 21 heavy (non-hydrogen) atoms. The number of nitrogens with one attached hydrogen (secondary N) is 2. The van der Waals surface area contributed by atoms with Gasteiger partial charge in [0.1, 0.15) is 17.5 Å². The van der Waals surface area contributed by atoms with E-state index in [1.54, 1.807) is 0 Å². The van der Waals surface area contributed by atoms with Crippen molar-refractivity contribution in [3.63, 3.8) is 0 Å². The Hall–Kier alpha value is -2.10. The molecule has 2 N–H and O–H groups in total. The Morgan fingerprint density at radius 2 is 1.81 bits per heavy atom. The molecule has 0 aliphatic carbocycles. The zero-order valence-corrected chi connectivity index (χ0v) is 13.1. The summed E-state index contributed by atoms with van der Waals surface area (Å²) in [4.78, 5) is 8.91. The molecular formula is C17H24N4. The average molecular weight is 284 g/mol. The van der Waals surface area contributed by atoms with E-state index < -0.39 is 0 Å². The van der Waals surface area contributed by atoms with E-state index in [-0.39, 0.29) is 0 Å². The quantitative estimate of drug-likeness (QED) is 0.814. The van der Waals surface area contributed by atoms with Crippen molar-refractivity contribution in [2.75, 3.05) is 24.2 Å². The van der Waals surface area contributed by atoms with Gasteiger partial charge in [-0.1, -0.05) is 44.2 Å². The summed E-state index contributed by atoms with van der Waals surface area (Å²) in [6.45, 7) is 5.23. The van der Waals surface area contributed by atoms with Crippen LogP contribution in [0.15, 0.2) is 36.4 Å². The van der Waals surface area contributed by atoms with Crippen molar-refractivity contribution >= 4 is 11.6 Å². The van der Waals surface area contributed by atoms with Gasteiger partial charge in [0.15, 0.2) is 0 Å². The van der Waals surface area contributed by atoms with Crippen LogP contribution in [0.3, 0.4) is 0 Å². The maximum absolute atomic E-state index is 4.51. The summed E-state index contributed by atoms with van der Waals surface area (Å²) in [5.74, 6) is 3.15. The minimum Gasteiger partial charge on any atom is -0.373 e. The minimum absolute atomic E-state index is 0.537. The maximum Gasteiger partial charge on any atom is 0.132 e. The third-order valence-corrected chi connectivity index (χ3v) is 3.60. The van der Waals surface area contributed by atoms with Gasteiger partial charge in [-0.15, -0.1) is 0 Å². The third kappa shape index (κ3) is 4.45. The van der Waals surface area contributed by atoms with Gasteiger partial charge in [-0.25, -0.2) is 9.97 Å². The lowest BCUT2D eigenvalue weighted by Crippen LogP contribution is -2.09. The molecule has 1 aromatic heterocycles. The fraction of sp³-hybridized carbons (Fsp3) is 0.412. The van der Waals surface area contributed by atoms with Crippen molar-refractivity contribution in [1.29, 1.82) is 0 Å². The molecule has 1 heterocycles. The molecule has 0 radical (unpaired) electrons. The van der Waals surface area contributed by atoms with Gasteiger partial charge in [-0.3, -0.25) is 0 Å². The molecule has 0 aliphatic rings. The molecule has 4 nitrogen and oxygen atoms in total. The predicted molar refractivity (Wildman–Crippen MR) is 88.9 cm³/mol. The van der Waals surface area contributed by atoms with Crippen LogP contribution in [0.1, 0.15) is 37.6 Å². The monoisotopic (exact) mass is 284 g/mol. The van der Waals surface area contributed by atoms with Crippen LogP contribution in [0.4, 0.5) is 11.6 Å². The summed E-state index contributed by atoms with van der Waals surface area (Å²) in [7, 11) is 1.88. The van der Waals surface area contributed by atoms with Crippen molar-refractivity contribution in [3.05, 3.63) is 47.8 Å². The number of aromatic nitrogens is 2. The Balaban J connectivity index is 1.91. The zero-order valence-electron chi connectivity index (χ0n) is 13.1. The Morgan fingerprint density at radius 1 is 1.10 bits per heavy atom. The summed E-state index contributed by atoms with van der Waals surface area (Å²) in [6, 6.07) is 12.6. The lowest BCUT2D eigenvalue weighted by Gasteiger charge is -2.13. The van der Waals surface area contributed by atoms with Crippen LogP contribution in [-0.4, -0.2) is 23.6 Å². The van der Waals surface area contributed by atoms with Crippen LogP contribution in [0.25, 0.3) is 0 Å². The largest absolute Gasteiger partial charge is 0.373 e. The number of benzene rings is 1. The van der Waals surface area contributed by atoms with Crippen molar-refractivity contribution in [1.82, 2.24) is 9.97 Å². The fourth-order valence-corrected chi connectivity index (χ4v) is 2.24. The average Bonchev–Trinajstić information content (AvgIpc) is 2.55. The number of nitrogens with zero attached hydrogens (tertiary/aromatic N) is 2. The smallest absolute Gasteiger partial charge is 0.132 e. The summed E-state index contributed by atoms with van der Waals surface area (Å²) < 4.78 is 0. The molecule has 0 bridgehead atoms. The first-order chi connectivity index (χ1) is 10.2. The van der Waals surface area contributed by atoms with Crippen molar-refractivity contribution in [2.45, 2.75) is 32.6 Å². The van der Waals surface area contributed by atoms with Gasteiger partial charge in [0.2, 0.25) is 0 Å². The van der Waals surface area contributed by atoms with Gasteiger partial charge < -0.3 is 10.6 Å². The number of rotatable bonds is 7. The zero-order chi connectivity index (χ0) is 15.1. The first-order valence-electron chi connectivity index (χ1n) is 7.57. The van der Waals surface area contributed by atoms with E-state index in [2.05, 4.69) is 64.8 Å². The number of anilines is 2. The fourth-order valence-electron chi connectivity index (χ4n) is 2.24. The molecule has 0 saturated heterocycles. The highest BCUT2D eigenvalue weighted by atomic mass is 15.1. The van der Waals surface area contributed by atoms with Crippen molar-refractivity contribution in [2.24, 2.45) is 0 Å². The molecule has 0 spiro atoms. The molecule has 0 amide bonds.